The Morgan fingerprint density at radius 2 is 2.40 bits per heavy atom. The van der Waals surface area contributed by atoms with E-state index in [2.05, 4.69) is 15.6 Å². The van der Waals surface area contributed by atoms with E-state index in [1.807, 2.05) is 0 Å². The van der Waals surface area contributed by atoms with Gasteiger partial charge in [-0.05, 0) is 11.9 Å². The van der Waals surface area contributed by atoms with Crippen molar-refractivity contribution in [1.29, 1.82) is 0 Å². The van der Waals surface area contributed by atoms with Gasteiger partial charge in [-0.2, -0.15) is 0 Å². The van der Waals surface area contributed by atoms with Crippen LogP contribution in [0, 0.1) is 0 Å². The number of hydrogen-bond donors (Lipinski definition) is 1. The first-order valence-electron chi connectivity index (χ1n) is 1.05. The van der Waals surface area contributed by atoms with E-state index in [0.717, 1.165) is 0 Å². The zero-order valence-corrected chi connectivity index (χ0v) is 3.70. The molecule has 2 N–H and O–H groups in total. The lowest BCUT2D eigenvalue weighted by Crippen LogP contribution is -1.69. The van der Waals surface area contributed by atoms with Crippen molar-refractivity contribution in [2.45, 2.75) is 0 Å². The van der Waals surface area contributed by atoms with E-state index in [-0.39, 0.29) is 0 Å². The van der Waals surface area contributed by atoms with E-state index in [1.54, 1.807) is 6.26 Å². The fourth-order valence-electron chi connectivity index (χ4n) is 0.0471. The quantitative estimate of drug-likeness (QED) is 0.222. The molecule has 0 radical (unpaired) electrons. The molecule has 0 aliphatic heterocycles. The van der Waals surface area contributed by atoms with E-state index in [4.69, 9.17) is 0 Å². The standard InChI is InChI=1S/CH5N3S/c1-5-4-3-2/h1H3,(H2,2,4). The molecule has 0 rings (SSSR count). The third-order valence-corrected chi connectivity index (χ3v) is 0.386. The summed E-state index contributed by atoms with van der Waals surface area (Å²) in [4.78, 5) is 0. The van der Waals surface area contributed by atoms with Gasteiger partial charge in [-0.25, -0.2) is 0 Å². The number of nitrogens with zero attached hydrogens (tertiary/aromatic N) is 2. The van der Waals surface area contributed by atoms with Gasteiger partial charge in [0.2, 0.25) is 0 Å². The molecule has 30 valence electrons. The van der Waals surface area contributed by atoms with Gasteiger partial charge in [0.05, 0.1) is 0 Å². The molecule has 0 aromatic rings. The molecule has 0 aromatic heterocycles. The summed E-state index contributed by atoms with van der Waals surface area (Å²) in [6, 6.07) is 0. The van der Waals surface area contributed by atoms with E-state index in [1.165, 1.54) is 11.9 Å². The molecule has 0 amide bonds. The Balaban J connectivity index is 2.62. The first kappa shape index (κ1) is 4.75. The molecule has 5 heavy (non-hydrogen) atoms. The van der Waals surface area contributed by atoms with Crippen LogP contribution in [0.25, 0.3) is 0 Å². The molecule has 0 aromatic carbocycles. The third-order valence-electron chi connectivity index (χ3n) is 0.129. The second-order valence-electron chi connectivity index (χ2n) is 0.380. The maximum atomic E-state index is 4.58. The van der Waals surface area contributed by atoms with Crippen LogP contribution in [-0.4, -0.2) is 6.26 Å². The third kappa shape index (κ3) is 3.75. The summed E-state index contributed by atoms with van der Waals surface area (Å²) in [5, 5.41) is 2.94. The van der Waals surface area contributed by atoms with Crippen LogP contribution in [0.5, 0.6) is 0 Å². The molecule has 0 heterocycles. The Kier molecular flexibility index (Phi) is 3.56. The van der Waals surface area contributed by atoms with E-state index in [9.17, 15) is 0 Å². The van der Waals surface area contributed by atoms with E-state index >= 15 is 0 Å². The summed E-state index contributed by atoms with van der Waals surface area (Å²) >= 11 is 1.23. The predicted molar refractivity (Wildman–Crippen MR) is 22.6 cm³/mol. The molecule has 0 saturated carbocycles. The van der Waals surface area contributed by atoms with Gasteiger partial charge < -0.3 is 5.84 Å². The van der Waals surface area contributed by atoms with Crippen molar-refractivity contribution in [3.05, 3.63) is 0 Å². The van der Waals surface area contributed by atoms with Crippen molar-refractivity contribution in [2.24, 2.45) is 15.6 Å². The van der Waals surface area contributed by atoms with Crippen molar-refractivity contribution in [3.63, 3.8) is 0 Å². The summed E-state index contributed by atoms with van der Waals surface area (Å²) in [7, 11) is 0. The first-order chi connectivity index (χ1) is 2.41. The summed E-state index contributed by atoms with van der Waals surface area (Å²) in [6.45, 7) is 0. The minimum Gasteiger partial charge on any atom is -0.304 e. The second-order valence-corrected chi connectivity index (χ2v) is 0.908. The topological polar surface area (TPSA) is 50.7 Å². The van der Waals surface area contributed by atoms with Crippen LogP contribution in [0.3, 0.4) is 0 Å². The lowest BCUT2D eigenvalue weighted by Gasteiger charge is -1.65. The van der Waals surface area contributed by atoms with Crippen LogP contribution in [0.1, 0.15) is 0 Å². The largest absolute Gasteiger partial charge is 0.304 e. The summed E-state index contributed by atoms with van der Waals surface area (Å²) < 4.78 is 3.29. The van der Waals surface area contributed by atoms with Crippen molar-refractivity contribution >= 4 is 11.9 Å². The molecule has 0 saturated heterocycles. The summed E-state index contributed by atoms with van der Waals surface area (Å²) in [5.74, 6) is 4.58. The Morgan fingerprint density at radius 3 is 2.40 bits per heavy atom. The highest BCUT2D eigenvalue weighted by Crippen LogP contribution is 1.88. The Bertz CT molecular complexity index is 33.9. The monoisotopic (exact) mass is 91.0 g/mol. The van der Waals surface area contributed by atoms with Gasteiger partial charge in [0, 0.05) is 6.26 Å². The Morgan fingerprint density at radius 1 is 1.80 bits per heavy atom. The predicted octanol–water partition coefficient (Wildman–Crippen LogP) is 0.590. The molecule has 0 unspecified atom stereocenters. The van der Waals surface area contributed by atoms with Gasteiger partial charge in [0.1, 0.15) is 0 Å². The van der Waals surface area contributed by atoms with Crippen LogP contribution in [0.4, 0.5) is 0 Å². The van der Waals surface area contributed by atoms with Crippen molar-refractivity contribution in [1.82, 2.24) is 0 Å². The normalized spacial score (nSPS) is 9.80. The van der Waals surface area contributed by atoms with Crippen molar-refractivity contribution in [3.8, 4) is 0 Å². The molecule has 0 atom stereocenters. The highest BCUT2D eigenvalue weighted by molar-refractivity contribution is 7.97. The summed E-state index contributed by atoms with van der Waals surface area (Å²) in [5.41, 5.74) is 0. The second kappa shape index (κ2) is 3.75. The van der Waals surface area contributed by atoms with Crippen LogP contribution < -0.4 is 5.84 Å². The van der Waals surface area contributed by atoms with Crippen LogP contribution >= 0.6 is 11.9 Å². The highest BCUT2D eigenvalue weighted by atomic mass is 32.2. The van der Waals surface area contributed by atoms with Crippen LogP contribution in [0.2, 0.25) is 0 Å². The molecule has 3 nitrogen and oxygen atoms in total. The van der Waals surface area contributed by atoms with Gasteiger partial charge in [-0.1, -0.05) is 9.74 Å². The molecule has 4 heteroatoms. The number of nitrogens with two attached hydrogens (primary N) is 1. The number of hydrogen-bond acceptors (Lipinski definition) is 3. The zero-order valence-electron chi connectivity index (χ0n) is 2.88. The molecule has 0 fully saturated rings. The van der Waals surface area contributed by atoms with E-state index < -0.39 is 0 Å². The first-order valence-corrected chi connectivity index (χ1v) is 2.23. The molecule has 0 bridgehead atoms. The van der Waals surface area contributed by atoms with Crippen LogP contribution in [-0.2, 0) is 0 Å². The van der Waals surface area contributed by atoms with Gasteiger partial charge in [-0.15, -0.1) is 0 Å². The fourth-order valence-corrected chi connectivity index (χ4v) is 0.141. The average molecular weight is 91.1 g/mol. The smallest absolute Gasteiger partial charge is 0.00559 e. The minimum atomic E-state index is 1.23. The maximum absolute atomic E-state index is 4.58. The maximum Gasteiger partial charge on any atom is 0.00559 e. The molecule has 0 aliphatic carbocycles. The average Bonchev–Trinajstić information content (AvgIpc) is 1.41. The highest BCUT2D eigenvalue weighted by Gasteiger charge is 1.53. The molecule has 0 aliphatic rings. The van der Waals surface area contributed by atoms with Crippen molar-refractivity contribution < 1.29 is 0 Å². The van der Waals surface area contributed by atoms with E-state index in [0.29, 0.717) is 0 Å². The van der Waals surface area contributed by atoms with Gasteiger partial charge in [0.25, 0.3) is 0 Å². The lowest BCUT2D eigenvalue weighted by atomic mass is 12.0. The van der Waals surface area contributed by atoms with Gasteiger partial charge in [0.15, 0.2) is 0 Å². The Hall–Kier alpha value is -0.250. The van der Waals surface area contributed by atoms with Crippen molar-refractivity contribution in [2.75, 3.05) is 6.26 Å². The minimum absolute atomic E-state index is 1.23. The molecular weight excluding hydrogens is 86.1 g/mol. The van der Waals surface area contributed by atoms with Gasteiger partial charge in [-0.3, -0.25) is 0 Å². The number of rotatable bonds is 1. The van der Waals surface area contributed by atoms with Gasteiger partial charge >= 0.3 is 0 Å². The fraction of sp³-hybridized carbons (Fsp3) is 1.00. The zero-order chi connectivity index (χ0) is 4.12. The lowest BCUT2D eigenvalue weighted by molar-refractivity contribution is 1.12. The molecular formula is CH5N3S. The SMILES string of the molecule is CSN=NN. The summed E-state index contributed by atoms with van der Waals surface area (Å²) in [6.07, 6.45) is 1.79. The van der Waals surface area contributed by atoms with Crippen LogP contribution in [0.15, 0.2) is 9.74 Å². The molecule has 0 spiro atoms. The Labute approximate surface area is 34.8 Å².